The lowest BCUT2D eigenvalue weighted by Crippen LogP contribution is -2.43. The van der Waals surface area contributed by atoms with Crippen LogP contribution < -0.4 is 9.74 Å². The molecule has 0 aliphatic rings. The van der Waals surface area contributed by atoms with E-state index in [1.165, 1.54) is 0 Å². The van der Waals surface area contributed by atoms with Crippen molar-refractivity contribution >= 4 is 36.3 Å². The minimum absolute atomic E-state index is 0.0256. The summed E-state index contributed by atoms with van der Waals surface area (Å²) in [6.45, 7) is 15.0. The number of H-pyrrole nitrogens is 1. The average molecular weight is 465 g/mol. The molecule has 4 aromatic rings. The van der Waals surface area contributed by atoms with Gasteiger partial charge in [-0.2, -0.15) is 5.10 Å². The molecule has 2 N–H and O–H groups in total. The normalized spacial score (nSPS) is 12.6. The Morgan fingerprint density at radius 2 is 1.97 bits per heavy atom. The highest BCUT2D eigenvalue weighted by Crippen LogP contribution is 2.38. The van der Waals surface area contributed by atoms with Gasteiger partial charge in [0.05, 0.1) is 17.3 Å². The molecule has 0 fully saturated rings. The molecule has 0 aliphatic carbocycles. The number of fused-ring (bicyclic) bond motifs is 2. The Kier molecular flexibility index (Phi) is 5.56. The van der Waals surface area contributed by atoms with Gasteiger partial charge in [0.25, 0.3) is 5.91 Å². The first kappa shape index (κ1) is 23.0. The molecule has 33 heavy (non-hydrogen) atoms. The maximum absolute atomic E-state index is 12.6. The summed E-state index contributed by atoms with van der Waals surface area (Å²) in [7, 11) is -0.0809. The number of aryl methyl sites for hydroxylation is 1. The van der Waals surface area contributed by atoms with Crippen molar-refractivity contribution in [2.24, 2.45) is 7.05 Å². The van der Waals surface area contributed by atoms with E-state index in [2.05, 4.69) is 49.1 Å². The largest absolute Gasteiger partial charge is 0.543 e. The van der Waals surface area contributed by atoms with E-state index in [-0.39, 0.29) is 17.0 Å². The summed E-state index contributed by atoms with van der Waals surface area (Å²) in [6.07, 6.45) is 3.33. The zero-order chi connectivity index (χ0) is 24.1. The maximum Gasteiger partial charge on any atom is 0.255 e. The van der Waals surface area contributed by atoms with Gasteiger partial charge in [-0.25, -0.2) is 9.97 Å². The van der Waals surface area contributed by atoms with E-state index in [1.54, 1.807) is 12.4 Å². The number of nitrogens with zero attached hydrogens (tertiary/aromatic N) is 4. The highest BCUT2D eigenvalue weighted by Gasteiger charge is 2.39. The number of carbonyl (C=O) groups excluding carboxylic acids is 1. The highest BCUT2D eigenvalue weighted by atomic mass is 28.4. The molecule has 3 aromatic heterocycles. The fraction of sp³-hybridized carbons (Fsp3) is 0.417. The number of carbonyl (C=O) groups is 1. The number of amides is 1. The molecule has 0 radical (unpaired) electrons. The summed E-state index contributed by atoms with van der Waals surface area (Å²) in [5, 5.41) is 8.66. The third-order valence-electron chi connectivity index (χ3n) is 6.29. The number of hydrogen-bond donors (Lipinski definition) is 2. The molecule has 0 saturated carbocycles. The minimum atomic E-state index is -1.99. The first-order valence-corrected chi connectivity index (χ1v) is 14.1. The van der Waals surface area contributed by atoms with Crippen LogP contribution >= 0.6 is 0 Å². The van der Waals surface area contributed by atoms with Crippen LogP contribution in [0, 0.1) is 0 Å². The topological polar surface area (TPSA) is 97.7 Å². The summed E-state index contributed by atoms with van der Waals surface area (Å²) in [6, 6.07) is 6.09. The SMILES string of the molecule is CC(C)NC(=O)c1c[nH]c2ncc(-c3nn(C)c4ccc(O[Si](C)(C)C(C)(C)C)cc34)nc12. The van der Waals surface area contributed by atoms with E-state index in [9.17, 15) is 4.79 Å². The molecule has 9 heteroatoms. The molecule has 4 rings (SSSR count). The van der Waals surface area contributed by atoms with Gasteiger partial charge in [0.15, 0.2) is 5.65 Å². The number of nitrogens with one attached hydrogen (secondary N) is 2. The summed E-state index contributed by atoms with van der Waals surface area (Å²) >= 11 is 0. The molecule has 0 unspecified atom stereocenters. The molecule has 0 atom stereocenters. The molecule has 0 aliphatic heterocycles. The molecule has 0 bridgehead atoms. The second-order valence-corrected chi connectivity index (χ2v) is 15.0. The second kappa shape index (κ2) is 7.98. The van der Waals surface area contributed by atoms with Gasteiger partial charge in [-0.1, -0.05) is 20.8 Å². The van der Waals surface area contributed by atoms with Crippen LogP contribution in [0.25, 0.3) is 33.5 Å². The van der Waals surface area contributed by atoms with Crippen molar-refractivity contribution in [3.8, 4) is 17.1 Å². The van der Waals surface area contributed by atoms with Crippen LogP contribution in [0.4, 0.5) is 0 Å². The molecule has 1 aromatic carbocycles. The van der Waals surface area contributed by atoms with Gasteiger partial charge >= 0.3 is 0 Å². The van der Waals surface area contributed by atoms with Gasteiger partial charge in [-0.3, -0.25) is 9.48 Å². The van der Waals surface area contributed by atoms with Crippen LogP contribution in [-0.4, -0.2) is 45.0 Å². The summed E-state index contributed by atoms with van der Waals surface area (Å²) in [5.41, 5.74) is 3.85. The van der Waals surface area contributed by atoms with Crippen LogP contribution in [0.1, 0.15) is 45.0 Å². The van der Waals surface area contributed by atoms with Crippen LogP contribution in [0.2, 0.25) is 18.1 Å². The van der Waals surface area contributed by atoms with E-state index >= 15 is 0 Å². The van der Waals surface area contributed by atoms with Crippen LogP contribution in [-0.2, 0) is 7.05 Å². The van der Waals surface area contributed by atoms with Gasteiger partial charge in [0, 0.05) is 24.7 Å². The average Bonchev–Trinajstić information content (AvgIpc) is 3.27. The van der Waals surface area contributed by atoms with Crippen molar-refractivity contribution in [3.05, 3.63) is 36.2 Å². The zero-order valence-electron chi connectivity index (χ0n) is 20.6. The summed E-state index contributed by atoms with van der Waals surface area (Å²) in [5.74, 6) is 0.648. The monoisotopic (exact) mass is 464 g/mol. The van der Waals surface area contributed by atoms with Crippen LogP contribution in [0.5, 0.6) is 5.75 Å². The Labute approximate surface area is 194 Å². The fourth-order valence-corrected chi connectivity index (χ4v) is 4.49. The third-order valence-corrected chi connectivity index (χ3v) is 10.6. The second-order valence-electron chi connectivity index (χ2n) is 10.3. The predicted octanol–water partition coefficient (Wildman–Crippen LogP) is 5.03. The molecule has 0 saturated heterocycles. The van der Waals surface area contributed by atoms with E-state index in [0.717, 1.165) is 16.7 Å². The number of benzene rings is 1. The van der Waals surface area contributed by atoms with Crippen molar-refractivity contribution in [2.45, 2.75) is 58.8 Å². The van der Waals surface area contributed by atoms with Crippen molar-refractivity contribution in [1.82, 2.24) is 30.0 Å². The van der Waals surface area contributed by atoms with E-state index in [0.29, 0.717) is 28.1 Å². The van der Waals surface area contributed by atoms with Crippen molar-refractivity contribution in [2.75, 3.05) is 0 Å². The first-order chi connectivity index (χ1) is 15.4. The van der Waals surface area contributed by atoms with E-state index in [4.69, 9.17) is 14.5 Å². The van der Waals surface area contributed by atoms with Crippen molar-refractivity contribution < 1.29 is 9.22 Å². The minimum Gasteiger partial charge on any atom is -0.543 e. The lowest BCUT2D eigenvalue weighted by molar-refractivity contribution is 0.0944. The Hall–Kier alpha value is -3.20. The maximum atomic E-state index is 12.6. The van der Waals surface area contributed by atoms with Gasteiger partial charge < -0.3 is 14.7 Å². The summed E-state index contributed by atoms with van der Waals surface area (Å²) < 4.78 is 8.36. The molecule has 174 valence electrons. The highest BCUT2D eigenvalue weighted by molar-refractivity contribution is 6.74. The van der Waals surface area contributed by atoms with Gasteiger partial charge in [0.2, 0.25) is 8.32 Å². The molecule has 3 heterocycles. The Balaban J connectivity index is 1.80. The molecule has 0 spiro atoms. The lowest BCUT2D eigenvalue weighted by atomic mass is 10.1. The number of aromatic amines is 1. The Morgan fingerprint density at radius 1 is 1.24 bits per heavy atom. The third kappa shape index (κ3) is 4.24. The fourth-order valence-electron chi connectivity index (χ4n) is 3.46. The van der Waals surface area contributed by atoms with E-state index in [1.807, 2.05) is 43.8 Å². The Bertz CT molecular complexity index is 1350. The number of hydrogen-bond acceptors (Lipinski definition) is 5. The van der Waals surface area contributed by atoms with Crippen molar-refractivity contribution in [3.63, 3.8) is 0 Å². The predicted molar refractivity (Wildman–Crippen MR) is 134 cm³/mol. The Morgan fingerprint density at radius 3 is 2.64 bits per heavy atom. The molecule has 8 nitrogen and oxygen atoms in total. The zero-order valence-corrected chi connectivity index (χ0v) is 21.6. The van der Waals surface area contributed by atoms with E-state index < -0.39 is 8.32 Å². The van der Waals surface area contributed by atoms with Gasteiger partial charge in [-0.05, 0) is 50.2 Å². The van der Waals surface area contributed by atoms with Gasteiger partial charge in [-0.15, -0.1) is 0 Å². The quantitative estimate of drug-likeness (QED) is 0.404. The molecule has 1 amide bonds. The smallest absolute Gasteiger partial charge is 0.255 e. The lowest BCUT2D eigenvalue weighted by Gasteiger charge is -2.36. The standard InChI is InChI=1S/C24H32N6O2Si/c1-14(2)27-23(31)17-12-25-22-21(17)28-18(13-26-22)20-16-11-15(9-10-19(16)30(6)29-20)32-33(7,8)24(3,4)5/h9-14H,1-8H3,(H,25,26)(H,27,31). The summed E-state index contributed by atoms with van der Waals surface area (Å²) in [4.78, 5) is 24.9. The first-order valence-electron chi connectivity index (χ1n) is 11.2. The van der Waals surface area contributed by atoms with Crippen LogP contribution in [0.3, 0.4) is 0 Å². The molecular formula is C24H32N6O2Si. The number of rotatable bonds is 5. The van der Waals surface area contributed by atoms with Gasteiger partial charge in [0.1, 0.15) is 22.7 Å². The van der Waals surface area contributed by atoms with Crippen molar-refractivity contribution in [1.29, 1.82) is 0 Å². The molecular weight excluding hydrogens is 432 g/mol. The van der Waals surface area contributed by atoms with Crippen LogP contribution in [0.15, 0.2) is 30.6 Å². The number of aromatic nitrogens is 5.